The van der Waals surface area contributed by atoms with E-state index in [2.05, 4.69) is 44.2 Å². The predicted octanol–water partition coefficient (Wildman–Crippen LogP) is 4.76. The van der Waals surface area contributed by atoms with Crippen LogP contribution in [0.3, 0.4) is 0 Å². The number of hydrogen-bond acceptors (Lipinski definition) is 0. The number of rotatable bonds is 1. The summed E-state index contributed by atoms with van der Waals surface area (Å²) in [7, 11) is 9.87. The second-order valence-electron chi connectivity index (χ2n) is 3.75. The zero-order valence-electron chi connectivity index (χ0n) is 8.93. The Morgan fingerprint density at radius 3 is 2.53 bits per heavy atom. The van der Waals surface area contributed by atoms with Crippen LogP contribution in [0.4, 0.5) is 0 Å². The van der Waals surface area contributed by atoms with Gasteiger partial charge < -0.3 is 0 Å². The summed E-state index contributed by atoms with van der Waals surface area (Å²) in [5.41, 5.74) is 4.44. The van der Waals surface area contributed by atoms with Crippen LogP contribution in [0.5, 0.6) is 0 Å². The number of halogens is 2. The molecule has 2 rings (SSSR count). The molecule has 0 heterocycles. The van der Waals surface area contributed by atoms with E-state index in [4.69, 9.17) is 17.0 Å². The second kappa shape index (κ2) is 6.89. The zero-order chi connectivity index (χ0) is 11.3. The molecule has 1 aromatic rings. The fourth-order valence-corrected chi connectivity index (χ4v) is 1.82. The van der Waals surface area contributed by atoms with Crippen LogP contribution in [0.25, 0.3) is 6.08 Å². The van der Waals surface area contributed by atoms with E-state index >= 15 is 0 Å². The van der Waals surface area contributed by atoms with Gasteiger partial charge in [-0.2, -0.15) is 0 Å². The van der Waals surface area contributed by atoms with E-state index in [-0.39, 0.29) is 0 Å². The molecule has 0 fully saturated rings. The van der Waals surface area contributed by atoms with Gasteiger partial charge in [-0.15, -0.1) is 0 Å². The molecule has 1 aliphatic rings. The monoisotopic (exact) mass is 318 g/mol. The molecule has 0 aliphatic heterocycles. The molecule has 0 spiro atoms. The van der Waals surface area contributed by atoms with Crippen molar-refractivity contribution in [1.29, 1.82) is 0 Å². The van der Waals surface area contributed by atoms with E-state index in [1.165, 1.54) is 16.7 Å². The third-order valence-corrected chi connectivity index (χ3v) is 2.47. The molecule has 0 radical (unpaired) electrons. The van der Waals surface area contributed by atoms with Crippen LogP contribution < -0.4 is 0 Å². The first-order valence-corrected chi connectivity index (χ1v) is 11.3. The molecule has 80 valence electrons. The molecule has 15 heavy (non-hydrogen) atoms. The fourth-order valence-electron chi connectivity index (χ4n) is 1.82. The number of fused-ring (bicyclic) bond motifs is 1. The van der Waals surface area contributed by atoms with Crippen molar-refractivity contribution in [2.24, 2.45) is 0 Å². The van der Waals surface area contributed by atoms with E-state index in [1.807, 2.05) is 0 Å². The summed E-state index contributed by atoms with van der Waals surface area (Å²) >= 11 is -0.826. The molecule has 0 aromatic heterocycles. The molecule has 0 unspecified atom stereocenters. The predicted molar refractivity (Wildman–Crippen MR) is 65.0 cm³/mol. The summed E-state index contributed by atoms with van der Waals surface area (Å²) < 4.78 is 0. The van der Waals surface area contributed by atoms with Crippen molar-refractivity contribution in [2.45, 2.75) is 26.2 Å². The molecule has 0 saturated carbocycles. The van der Waals surface area contributed by atoms with Gasteiger partial charge in [0.25, 0.3) is 0 Å². The second-order valence-corrected chi connectivity index (χ2v) is 7.48. The van der Waals surface area contributed by atoms with Crippen LogP contribution in [0.1, 0.15) is 36.5 Å². The van der Waals surface area contributed by atoms with Crippen molar-refractivity contribution in [3.05, 3.63) is 41.0 Å². The van der Waals surface area contributed by atoms with Crippen molar-refractivity contribution >= 4 is 23.1 Å². The Hall–Kier alpha value is 0.423. The van der Waals surface area contributed by atoms with Gasteiger partial charge in [-0.1, -0.05) is 44.2 Å². The Bertz CT molecular complexity index is 345. The Kier molecular flexibility index (Phi) is 6.19. The summed E-state index contributed by atoms with van der Waals surface area (Å²) in [6, 6.07) is 6.63. The number of hydrogen-bond donors (Lipinski definition) is 0. The van der Waals surface area contributed by atoms with Crippen LogP contribution >= 0.6 is 17.0 Å². The van der Waals surface area contributed by atoms with Gasteiger partial charge in [-0.3, -0.25) is 0 Å². The average Bonchev–Trinajstić information content (AvgIpc) is 2.65. The van der Waals surface area contributed by atoms with Crippen LogP contribution in [-0.4, -0.2) is 0 Å². The van der Waals surface area contributed by atoms with Crippen molar-refractivity contribution in [3.8, 4) is 0 Å². The van der Waals surface area contributed by atoms with Crippen molar-refractivity contribution in [2.75, 3.05) is 0 Å². The van der Waals surface area contributed by atoms with Gasteiger partial charge >= 0.3 is 37.9 Å². The zero-order valence-corrected chi connectivity index (χ0v) is 12.9. The normalized spacial score (nSPS) is 12.1. The van der Waals surface area contributed by atoms with Gasteiger partial charge in [0.1, 0.15) is 0 Å². The van der Waals surface area contributed by atoms with Crippen LogP contribution in [-0.2, 0) is 27.3 Å². The minimum absolute atomic E-state index is 0.641. The quantitative estimate of drug-likeness (QED) is 0.700. The molecule has 3 heteroatoms. The molecule has 0 bridgehead atoms. The van der Waals surface area contributed by atoms with E-state index < -0.39 is 20.8 Å². The summed E-state index contributed by atoms with van der Waals surface area (Å²) in [5, 5.41) is 0. The fraction of sp³-hybridized carbons (Fsp3) is 0.333. The summed E-state index contributed by atoms with van der Waals surface area (Å²) in [6.45, 7) is 4.50. The molecule has 1 aliphatic carbocycles. The Morgan fingerprint density at radius 1 is 1.27 bits per heavy atom. The molecular weight excluding hydrogens is 306 g/mol. The third kappa shape index (κ3) is 3.73. The maximum atomic E-state index is 4.93. The van der Waals surface area contributed by atoms with Crippen LogP contribution in [0, 0.1) is 0 Å². The van der Waals surface area contributed by atoms with Gasteiger partial charge in [-0.05, 0) is 29.0 Å². The van der Waals surface area contributed by atoms with Gasteiger partial charge in [0.05, 0.1) is 0 Å². The SMILES string of the molecule is CC(C)c1cccc2c1C=CC2.[Cl][Zr][Cl]. The van der Waals surface area contributed by atoms with Gasteiger partial charge in [0.15, 0.2) is 0 Å². The van der Waals surface area contributed by atoms with Crippen LogP contribution in [0.2, 0.25) is 0 Å². The van der Waals surface area contributed by atoms with E-state index in [0.717, 1.165) is 6.42 Å². The number of allylic oxidation sites excluding steroid dienone is 1. The van der Waals surface area contributed by atoms with Crippen molar-refractivity contribution in [1.82, 2.24) is 0 Å². The molecular formula is C12H14Cl2Zr. The Labute approximate surface area is 110 Å². The van der Waals surface area contributed by atoms with E-state index in [0.29, 0.717) is 5.92 Å². The topological polar surface area (TPSA) is 0 Å². The Morgan fingerprint density at radius 2 is 1.93 bits per heavy atom. The summed E-state index contributed by atoms with van der Waals surface area (Å²) in [5.74, 6) is 0.641. The third-order valence-electron chi connectivity index (χ3n) is 2.47. The van der Waals surface area contributed by atoms with E-state index in [9.17, 15) is 0 Å². The number of benzene rings is 1. The molecule has 0 nitrogen and oxygen atoms in total. The maximum absolute atomic E-state index is 4.93. The first kappa shape index (κ1) is 13.5. The molecule has 1 aromatic carbocycles. The molecule has 0 N–H and O–H groups in total. The summed E-state index contributed by atoms with van der Waals surface area (Å²) in [6.07, 6.45) is 5.62. The van der Waals surface area contributed by atoms with Gasteiger partial charge in [-0.25, -0.2) is 0 Å². The van der Waals surface area contributed by atoms with Gasteiger partial charge in [0.2, 0.25) is 0 Å². The Balaban J connectivity index is 0.000000337. The first-order chi connectivity index (χ1) is 7.20. The average molecular weight is 320 g/mol. The van der Waals surface area contributed by atoms with Crippen molar-refractivity contribution in [3.63, 3.8) is 0 Å². The van der Waals surface area contributed by atoms with Crippen molar-refractivity contribution < 1.29 is 20.8 Å². The van der Waals surface area contributed by atoms with Gasteiger partial charge in [0, 0.05) is 0 Å². The van der Waals surface area contributed by atoms with E-state index in [1.54, 1.807) is 0 Å². The molecule has 0 amide bonds. The summed E-state index contributed by atoms with van der Waals surface area (Å²) in [4.78, 5) is 0. The standard InChI is InChI=1S/C12H14.2ClH.Zr/c1-9(2)11-7-3-5-10-6-4-8-12(10)11;;;/h3-5,7-9H,6H2,1-2H3;2*1H;/q;;;+2/p-2. The minimum atomic E-state index is -0.826. The first-order valence-electron chi connectivity index (χ1n) is 4.95. The van der Waals surface area contributed by atoms with Crippen LogP contribution in [0.15, 0.2) is 24.3 Å². The molecule has 0 atom stereocenters. The molecule has 0 saturated heterocycles.